The van der Waals surface area contributed by atoms with Gasteiger partial charge in [0.25, 0.3) is 5.91 Å². The van der Waals surface area contributed by atoms with Gasteiger partial charge in [-0.1, -0.05) is 29.8 Å². The van der Waals surface area contributed by atoms with E-state index >= 15 is 0 Å². The van der Waals surface area contributed by atoms with Gasteiger partial charge in [-0.3, -0.25) is 9.59 Å². The maximum Gasteiger partial charge on any atom is 0.308 e. The average Bonchev–Trinajstić information content (AvgIpc) is 2.79. The summed E-state index contributed by atoms with van der Waals surface area (Å²) in [5.74, 6) is -0.935. The summed E-state index contributed by atoms with van der Waals surface area (Å²) in [6.45, 7) is 4.76. The van der Waals surface area contributed by atoms with Crippen molar-refractivity contribution in [2.24, 2.45) is 0 Å². The van der Waals surface area contributed by atoms with Crippen LogP contribution in [0.2, 0.25) is 5.02 Å². The Labute approximate surface area is 198 Å². The number of nitrogens with one attached hydrogen (secondary N) is 1. The van der Waals surface area contributed by atoms with Crippen molar-refractivity contribution in [2.75, 3.05) is 26.3 Å². The van der Waals surface area contributed by atoms with Gasteiger partial charge in [0.1, 0.15) is 0 Å². The Kier molecular flexibility index (Phi) is 8.47. The normalized spacial score (nSPS) is 15.8. The molecule has 0 spiro atoms. The van der Waals surface area contributed by atoms with Crippen molar-refractivity contribution >= 4 is 33.5 Å². The van der Waals surface area contributed by atoms with E-state index < -0.39 is 27.9 Å². The highest BCUT2D eigenvalue weighted by molar-refractivity contribution is 7.89. The van der Waals surface area contributed by atoms with Crippen molar-refractivity contribution in [3.8, 4) is 0 Å². The van der Waals surface area contributed by atoms with Gasteiger partial charge < -0.3 is 14.8 Å². The lowest BCUT2D eigenvalue weighted by Gasteiger charge is -2.26. The second kappa shape index (κ2) is 11.1. The zero-order valence-electron chi connectivity index (χ0n) is 18.5. The van der Waals surface area contributed by atoms with E-state index in [0.29, 0.717) is 23.8 Å². The molecule has 0 radical (unpaired) electrons. The van der Waals surface area contributed by atoms with Crippen LogP contribution < -0.4 is 5.32 Å². The molecule has 10 heteroatoms. The molecule has 1 unspecified atom stereocenters. The van der Waals surface area contributed by atoms with E-state index in [4.69, 9.17) is 21.1 Å². The number of hydrogen-bond acceptors (Lipinski definition) is 6. The van der Waals surface area contributed by atoms with Crippen LogP contribution in [0.3, 0.4) is 0 Å². The van der Waals surface area contributed by atoms with Gasteiger partial charge in [0.2, 0.25) is 10.0 Å². The Balaban J connectivity index is 1.77. The first-order valence-corrected chi connectivity index (χ1v) is 12.4. The molecule has 2 aromatic carbocycles. The summed E-state index contributed by atoms with van der Waals surface area (Å²) in [4.78, 5) is 25.3. The molecule has 1 N–H and O–H groups in total. The van der Waals surface area contributed by atoms with Crippen LogP contribution in [0.1, 0.15) is 42.2 Å². The topological polar surface area (TPSA) is 102 Å². The fourth-order valence-corrected chi connectivity index (χ4v) is 5.11. The maximum atomic E-state index is 12.9. The molecule has 2 aromatic rings. The van der Waals surface area contributed by atoms with Crippen LogP contribution in [0.5, 0.6) is 0 Å². The lowest BCUT2D eigenvalue weighted by molar-refractivity contribution is -0.147. The van der Waals surface area contributed by atoms with Crippen LogP contribution in [-0.4, -0.2) is 57.0 Å². The van der Waals surface area contributed by atoms with E-state index in [0.717, 1.165) is 0 Å². The van der Waals surface area contributed by atoms with Crippen LogP contribution in [0.4, 0.5) is 0 Å². The summed E-state index contributed by atoms with van der Waals surface area (Å²) < 4.78 is 37.4. The molecule has 1 fully saturated rings. The lowest BCUT2D eigenvalue weighted by Crippen LogP contribution is -2.40. The van der Waals surface area contributed by atoms with Gasteiger partial charge in [0.05, 0.1) is 36.7 Å². The van der Waals surface area contributed by atoms with Gasteiger partial charge in [0.15, 0.2) is 0 Å². The smallest absolute Gasteiger partial charge is 0.308 e. The molecule has 1 aliphatic heterocycles. The number of nitrogens with zero attached hydrogens (tertiary/aromatic N) is 1. The highest BCUT2D eigenvalue weighted by atomic mass is 35.5. The molecule has 1 heterocycles. The number of morpholine rings is 1. The number of benzene rings is 2. The number of ether oxygens (including phenoxy) is 2. The van der Waals surface area contributed by atoms with Crippen LogP contribution >= 0.6 is 11.6 Å². The van der Waals surface area contributed by atoms with Crippen molar-refractivity contribution < 1.29 is 27.5 Å². The third kappa shape index (κ3) is 6.54. The lowest BCUT2D eigenvalue weighted by atomic mass is 10.0. The Morgan fingerprint density at radius 1 is 1.09 bits per heavy atom. The van der Waals surface area contributed by atoms with Crippen molar-refractivity contribution in [3.63, 3.8) is 0 Å². The summed E-state index contributed by atoms with van der Waals surface area (Å²) >= 11 is 6.30. The predicted molar refractivity (Wildman–Crippen MR) is 124 cm³/mol. The molecule has 8 nitrogen and oxygen atoms in total. The molecule has 178 valence electrons. The van der Waals surface area contributed by atoms with Crippen molar-refractivity contribution in [2.45, 2.75) is 37.3 Å². The van der Waals surface area contributed by atoms with Gasteiger partial charge in [-0.2, -0.15) is 4.31 Å². The molecular formula is C23H27ClN2O6S. The van der Waals surface area contributed by atoms with E-state index in [1.165, 1.54) is 28.6 Å². The molecule has 1 amide bonds. The number of carbonyl (C=O) groups is 2. The Morgan fingerprint density at radius 3 is 2.33 bits per heavy atom. The zero-order chi connectivity index (χ0) is 24.0. The quantitative estimate of drug-likeness (QED) is 0.565. The van der Waals surface area contributed by atoms with Crippen LogP contribution in [0.25, 0.3) is 0 Å². The summed E-state index contributed by atoms with van der Waals surface area (Å²) in [6, 6.07) is 11.9. The number of hydrogen-bond donors (Lipinski definition) is 1. The van der Waals surface area contributed by atoms with Gasteiger partial charge in [-0.25, -0.2) is 8.42 Å². The second-order valence-corrected chi connectivity index (χ2v) is 10.2. The van der Waals surface area contributed by atoms with Crippen molar-refractivity contribution in [1.29, 1.82) is 0 Å². The molecule has 1 atom stereocenters. The highest BCUT2D eigenvalue weighted by Gasteiger charge is 2.27. The molecule has 3 rings (SSSR count). The number of esters is 1. The van der Waals surface area contributed by atoms with E-state index in [1.54, 1.807) is 38.1 Å². The summed E-state index contributed by atoms with van der Waals surface area (Å²) in [5.41, 5.74) is 0.838. The zero-order valence-corrected chi connectivity index (χ0v) is 20.1. The summed E-state index contributed by atoms with van der Waals surface area (Å²) in [5, 5.41) is 3.22. The molecule has 33 heavy (non-hydrogen) atoms. The number of amides is 1. The average molecular weight is 495 g/mol. The molecular weight excluding hydrogens is 468 g/mol. The molecule has 0 aliphatic carbocycles. The molecule has 1 aliphatic rings. The number of carbonyl (C=O) groups excluding carboxylic acids is 2. The SMILES string of the molecule is CC(C)OC(=O)CC(NC(=O)c1ccc(S(=O)(=O)N2CCOCC2)cc1)c1ccccc1Cl. The van der Waals surface area contributed by atoms with E-state index in [-0.39, 0.29) is 36.1 Å². The van der Waals surface area contributed by atoms with Gasteiger partial charge in [-0.05, 0) is 49.7 Å². The highest BCUT2D eigenvalue weighted by Crippen LogP contribution is 2.26. The molecule has 0 saturated carbocycles. The van der Waals surface area contributed by atoms with E-state index in [1.807, 2.05) is 0 Å². The minimum atomic E-state index is -3.66. The van der Waals surface area contributed by atoms with Crippen LogP contribution in [0, 0.1) is 0 Å². The predicted octanol–water partition coefficient (Wildman–Crippen LogP) is 3.17. The summed E-state index contributed by atoms with van der Waals surface area (Å²) in [7, 11) is -3.66. The standard InChI is InChI=1S/C23H27ClN2O6S/c1-16(2)32-22(27)15-21(19-5-3-4-6-20(19)24)25-23(28)17-7-9-18(10-8-17)33(29,30)26-11-13-31-14-12-26/h3-10,16,21H,11-15H2,1-2H3,(H,25,28). The minimum Gasteiger partial charge on any atom is -0.463 e. The first-order valence-electron chi connectivity index (χ1n) is 10.6. The molecule has 0 aromatic heterocycles. The van der Waals surface area contributed by atoms with Gasteiger partial charge >= 0.3 is 5.97 Å². The Hall–Kier alpha value is -2.46. The Bertz CT molecular complexity index is 1080. The third-order valence-corrected chi connectivity index (χ3v) is 7.31. The van der Waals surface area contributed by atoms with Crippen LogP contribution in [0.15, 0.2) is 53.4 Å². The maximum absolute atomic E-state index is 12.9. The fourth-order valence-electron chi connectivity index (χ4n) is 3.43. The second-order valence-electron chi connectivity index (χ2n) is 7.83. The van der Waals surface area contributed by atoms with E-state index in [9.17, 15) is 18.0 Å². The number of halogens is 1. The minimum absolute atomic E-state index is 0.100. The largest absolute Gasteiger partial charge is 0.463 e. The molecule has 0 bridgehead atoms. The monoisotopic (exact) mass is 494 g/mol. The van der Waals surface area contributed by atoms with Crippen molar-refractivity contribution in [1.82, 2.24) is 9.62 Å². The van der Waals surface area contributed by atoms with Crippen molar-refractivity contribution in [3.05, 3.63) is 64.7 Å². The van der Waals surface area contributed by atoms with Gasteiger partial charge in [-0.15, -0.1) is 0 Å². The number of sulfonamides is 1. The fraction of sp³-hybridized carbons (Fsp3) is 0.391. The third-order valence-electron chi connectivity index (χ3n) is 5.05. The first-order chi connectivity index (χ1) is 15.7. The van der Waals surface area contributed by atoms with Gasteiger partial charge in [0, 0.05) is 23.7 Å². The summed E-state index contributed by atoms with van der Waals surface area (Å²) in [6.07, 6.45) is -0.391. The van der Waals surface area contributed by atoms with E-state index in [2.05, 4.69) is 5.32 Å². The molecule has 1 saturated heterocycles. The van der Waals surface area contributed by atoms with Crippen LogP contribution in [-0.2, 0) is 24.3 Å². The Morgan fingerprint density at radius 2 is 1.73 bits per heavy atom. The number of rotatable bonds is 8. The first kappa shape index (κ1) is 25.2.